The Morgan fingerprint density at radius 3 is 2.56 bits per heavy atom. The molecule has 94 valence electrons. The third-order valence-corrected chi connectivity index (χ3v) is 3.44. The number of carbonyl (C=O) groups is 2. The standard InChI is InChI=1S/C14H13IO3/c1-9-6-12(16)8-13(7-9)18-14(17)10-2-4-11(15)5-3-10/h2-5,8-9H,6-7H2,1H3/t9-/m1/s1. The van der Waals surface area contributed by atoms with Crippen LogP contribution in [0.25, 0.3) is 0 Å². The minimum Gasteiger partial charge on any atom is -0.427 e. The van der Waals surface area contributed by atoms with Crippen molar-refractivity contribution in [1.82, 2.24) is 0 Å². The van der Waals surface area contributed by atoms with Crippen LogP contribution >= 0.6 is 22.6 Å². The third kappa shape index (κ3) is 3.41. The molecular weight excluding hydrogens is 343 g/mol. The van der Waals surface area contributed by atoms with Crippen molar-refractivity contribution < 1.29 is 14.3 Å². The molecule has 1 aliphatic carbocycles. The second-order valence-electron chi connectivity index (χ2n) is 4.49. The highest BCUT2D eigenvalue weighted by Crippen LogP contribution is 2.23. The molecule has 0 heterocycles. The molecule has 2 rings (SSSR count). The molecule has 1 aromatic carbocycles. The lowest BCUT2D eigenvalue weighted by molar-refractivity contribution is -0.116. The largest absolute Gasteiger partial charge is 0.427 e. The van der Waals surface area contributed by atoms with E-state index in [0.717, 1.165) is 3.57 Å². The van der Waals surface area contributed by atoms with E-state index in [1.165, 1.54) is 6.08 Å². The molecule has 0 aliphatic heterocycles. The number of esters is 1. The normalized spacial score (nSPS) is 19.3. The van der Waals surface area contributed by atoms with Crippen LogP contribution in [0.3, 0.4) is 0 Å². The van der Waals surface area contributed by atoms with Gasteiger partial charge in [0.25, 0.3) is 0 Å². The molecule has 0 amide bonds. The van der Waals surface area contributed by atoms with Gasteiger partial charge in [-0.3, -0.25) is 4.79 Å². The predicted molar refractivity (Wildman–Crippen MR) is 76.1 cm³/mol. The van der Waals surface area contributed by atoms with Crippen LogP contribution in [0.15, 0.2) is 36.1 Å². The van der Waals surface area contributed by atoms with Gasteiger partial charge in [-0.15, -0.1) is 0 Å². The first-order valence-corrected chi connectivity index (χ1v) is 6.83. The van der Waals surface area contributed by atoms with Gasteiger partial charge in [-0.1, -0.05) is 6.92 Å². The summed E-state index contributed by atoms with van der Waals surface area (Å²) in [6, 6.07) is 7.14. The quantitative estimate of drug-likeness (QED) is 0.603. The van der Waals surface area contributed by atoms with E-state index >= 15 is 0 Å². The zero-order chi connectivity index (χ0) is 13.1. The summed E-state index contributed by atoms with van der Waals surface area (Å²) in [4.78, 5) is 23.2. The first-order chi connectivity index (χ1) is 8.54. The van der Waals surface area contributed by atoms with Gasteiger partial charge in [-0.25, -0.2) is 4.79 Å². The Morgan fingerprint density at radius 2 is 1.94 bits per heavy atom. The summed E-state index contributed by atoms with van der Waals surface area (Å²) in [6.45, 7) is 1.98. The average molecular weight is 356 g/mol. The molecule has 0 N–H and O–H groups in total. The van der Waals surface area contributed by atoms with Crippen molar-refractivity contribution >= 4 is 34.3 Å². The lowest BCUT2D eigenvalue weighted by Crippen LogP contribution is -2.15. The number of rotatable bonds is 2. The lowest BCUT2D eigenvalue weighted by Gasteiger charge is -2.17. The van der Waals surface area contributed by atoms with E-state index in [1.54, 1.807) is 12.1 Å². The summed E-state index contributed by atoms with van der Waals surface area (Å²) in [7, 11) is 0. The fourth-order valence-electron chi connectivity index (χ4n) is 1.89. The maximum Gasteiger partial charge on any atom is 0.343 e. The number of carbonyl (C=O) groups excluding carboxylic acids is 2. The molecule has 3 nitrogen and oxygen atoms in total. The monoisotopic (exact) mass is 356 g/mol. The summed E-state index contributed by atoms with van der Waals surface area (Å²) in [5.41, 5.74) is 0.502. The second kappa shape index (κ2) is 5.65. The third-order valence-electron chi connectivity index (χ3n) is 2.72. The van der Waals surface area contributed by atoms with Gasteiger partial charge in [0.2, 0.25) is 0 Å². The summed E-state index contributed by atoms with van der Waals surface area (Å²) in [6.07, 6.45) is 2.61. The predicted octanol–water partition coefficient (Wildman–Crippen LogP) is 3.33. The van der Waals surface area contributed by atoms with E-state index in [4.69, 9.17) is 4.74 Å². The van der Waals surface area contributed by atoms with Gasteiger partial charge in [-0.2, -0.15) is 0 Å². The Balaban J connectivity index is 2.07. The highest BCUT2D eigenvalue weighted by Gasteiger charge is 2.20. The van der Waals surface area contributed by atoms with Crippen molar-refractivity contribution in [2.75, 3.05) is 0 Å². The number of ketones is 1. The number of hydrogen-bond donors (Lipinski definition) is 0. The zero-order valence-corrected chi connectivity index (χ0v) is 12.1. The van der Waals surface area contributed by atoms with Crippen LogP contribution < -0.4 is 0 Å². The van der Waals surface area contributed by atoms with Gasteiger partial charge in [-0.05, 0) is 52.8 Å². The molecule has 0 radical (unpaired) electrons. The first kappa shape index (κ1) is 13.3. The van der Waals surface area contributed by atoms with Crippen molar-refractivity contribution in [3.8, 4) is 0 Å². The Hall–Kier alpha value is -1.17. The van der Waals surface area contributed by atoms with Crippen LogP contribution in [-0.2, 0) is 9.53 Å². The summed E-state index contributed by atoms with van der Waals surface area (Å²) < 4.78 is 6.32. The number of hydrogen-bond acceptors (Lipinski definition) is 3. The van der Waals surface area contributed by atoms with Gasteiger partial charge in [0.15, 0.2) is 5.78 Å². The fraction of sp³-hybridized carbons (Fsp3) is 0.286. The van der Waals surface area contributed by atoms with E-state index in [1.807, 2.05) is 19.1 Å². The van der Waals surface area contributed by atoms with Crippen molar-refractivity contribution in [2.45, 2.75) is 19.8 Å². The highest BCUT2D eigenvalue weighted by atomic mass is 127. The van der Waals surface area contributed by atoms with Crippen LogP contribution in [0.1, 0.15) is 30.1 Å². The molecule has 0 bridgehead atoms. The van der Waals surface area contributed by atoms with Crippen LogP contribution in [0.5, 0.6) is 0 Å². The average Bonchev–Trinajstić information content (AvgIpc) is 2.28. The molecule has 0 aromatic heterocycles. The van der Waals surface area contributed by atoms with Crippen LogP contribution in [0.2, 0.25) is 0 Å². The number of allylic oxidation sites excluding steroid dienone is 2. The van der Waals surface area contributed by atoms with Crippen LogP contribution in [-0.4, -0.2) is 11.8 Å². The molecule has 1 atom stereocenters. The highest BCUT2D eigenvalue weighted by molar-refractivity contribution is 14.1. The summed E-state index contributed by atoms with van der Waals surface area (Å²) in [5.74, 6) is 0.336. The van der Waals surface area contributed by atoms with Gasteiger partial charge in [0.05, 0.1) is 5.56 Å². The Labute approximate surface area is 119 Å². The van der Waals surface area contributed by atoms with Gasteiger partial charge >= 0.3 is 5.97 Å². The van der Waals surface area contributed by atoms with Crippen LogP contribution in [0.4, 0.5) is 0 Å². The number of halogens is 1. The first-order valence-electron chi connectivity index (χ1n) is 5.76. The van der Waals surface area contributed by atoms with Gasteiger partial charge < -0.3 is 4.74 Å². The summed E-state index contributed by atoms with van der Waals surface area (Å²) in [5, 5.41) is 0. The molecule has 18 heavy (non-hydrogen) atoms. The van der Waals surface area contributed by atoms with E-state index in [9.17, 15) is 9.59 Å². The molecule has 0 saturated carbocycles. The van der Waals surface area contributed by atoms with E-state index < -0.39 is 5.97 Å². The minimum atomic E-state index is -0.403. The van der Waals surface area contributed by atoms with E-state index in [-0.39, 0.29) is 11.7 Å². The molecule has 1 aliphatic rings. The van der Waals surface area contributed by atoms with Gasteiger partial charge in [0.1, 0.15) is 5.76 Å². The maximum atomic E-state index is 11.9. The molecule has 0 saturated heterocycles. The van der Waals surface area contributed by atoms with Gasteiger partial charge in [0, 0.05) is 22.5 Å². The lowest BCUT2D eigenvalue weighted by atomic mass is 9.94. The topological polar surface area (TPSA) is 43.4 Å². The van der Waals surface area contributed by atoms with E-state index in [0.29, 0.717) is 24.2 Å². The summed E-state index contributed by atoms with van der Waals surface area (Å²) >= 11 is 2.17. The molecule has 0 unspecified atom stereocenters. The van der Waals surface area contributed by atoms with Crippen molar-refractivity contribution in [3.05, 3.63) is 45.2 Å². The maximum absolute atomic E-state index is 11.9. The molecule has 0 fully saturated rings. The second-order valence-corrected chi connectivity index (χ2v) is 5.73. The molecular formula is C14H13IO3. The molecule has 0 spiro atoms. The Bertz CT molecular complexity index is 502. The number of benzene rings is 1. The van der Waals surface area contributed by atoms with Crippen LogP contribution in [0, 0.1) is 9.49 Å². The minimum absolute atomic E-state index is 0.0270. The Kier molecular flexibility index (Phi) is 4.16. The zero-order valence-electron chi connectivity index (χ0n) is 9.98. The molecule has 4 heteroatoms. The van der Waals surface area contributed by atoms with Crippen molar-refractivity contribution in [2.24, 2.45) is 5.92 Å². The molecule has 1 aromatic rings. The Morgan fingerprint density at radius 1 is 1.28 bits per heavy atom. The van der Waals surface area contributed by atoms with Crippen molar-refractivity contribution in [3.63, 3.8) is 0 Å². The number of ether oxygens (including phenoxy) is 1. The SMILES string of the molecule is C[C@@H]1CC(=O)C=C(OC(=O)c2ccc(I)cc2)C1. The van der Waals surface area contributed by atoms with E-state index in [2.05, 4.69) is 22.6 Å². The van der Waals surface area contributed by atoms with Crippen molar-refractivity contribution in [1.29, 1.82) is 0 Å². The fourth-order valence-corrected chi connectivity index (χ4v) is 2.25. The smallest absolute Gasteiger partial charge is 0.343 e.